The quantitative estimate of drug-likeness (QED) is 0.558. The van der Waals surface area contributed by atoms with Crippen molar-refractivity contribution in [2.24, 2.45) is 0 Å². The van der Waals surface area contributed by atoms with Crippen LogP contribution in [0.3, 0.4) is 0 Å². The predicted molar refractivity (Wildman–Crippen MR) is 101 cm³/mol. The van der Waals surface area contributed by atoms with Gasteiger partial charge in [0.25, 0.3) is 0 Å². The van der Waals surface area contributed by atoms with Crippen molar-refractivity contribution in [1.82, 2.24) is 4.90 Å². The van der Waals surface area contributed by atoms with Gasteiger partial charge in [0.05, 0.1) is 12.6 Å². The van der Waals surface area contributed by atoms with E-state index in [9.17, 15) is 9.50 Å². The molecule has 0 aliphatic rings. The zero-order chi connectivity index (χ0) is 18.2. The average Bonchev–Trinajstić information content (AvgIpc) is 2.59. The smallest absolute Gasteiger partial charge is 0.108 e. The fraction of sp³-hybridized carbons (Fsp3) is 0.619. The fourth-order valence-corrected chi connectivity index (χ4v) is 2.86. The number of hydrogen-bond donors (Lipinski definition) is 1. The van der Waals surface area contributed by atoms with Gasteiger partial charge in [-0.3, -0.25) is 4.90 Å². The third kappa shape index (κ3) is 6.37. The second kappa shape index (κ2) is 9.95. The first kappa shape index (κ1) is 20.9. The van der Waals surface area contributed by atoms with Crippen LogP contribution in [0.4, 0.5) is 4.39 Å². The summed E-state index contributed by atoms with van der Waals surface area (Å²) in [4.78, 5) is 2.15. The van der Waals surface area contributed by atoms with Gasteiger partial charge < -0.3 is 5.11 Å². The number of nitrogens with zero attached hydrogens (tertiary/aromatic N) is 1. The van der Waals surface area contributed by atoms with Crippen molar-refractivity contribution < 1.29 is 9.50 Å². The number of rotatable bonds is 11. The van der Waals surface area contributed by atoms with Gasteiger partial charge in [0.2, 0.25) is 0 Å². The van der Waals surface area contributed by atoms with E-state index in [0.29, 0.717) is 18.8 Å². The summed E-state index contributed by atoms with van der Waals surface area (Å²) in [7, 11) is 2.02. The summed E-state index contributed by atoms with van der Waals surface area (Å²) in [5.41, 5.74) is 1.28. The van der Waals surface area contributed by atoms with E-state index in [1.165, 1.54) is 5.56 Å². The van der Waals surface area contributed by atoms with E-state index >= 15 is 0 Å². The number of likely N-dealkylation sites (N-methyl/N-ethyl adjacent to an activating group) is 1. The van der Waals surface area contributed by atoms with Crippen molar-refractivity contribution in [3.8, 4) is 0 Å². The van der Waals surface area contributed by atoms with Crippen molar-refractivity contribution in [2.45, 2.75) is 64.1 Å². The molecule has 0 saturated carbocycles. The van der Waals surface area contributed by atoms with Crippen LogP contribution in [0.15, 0.2) is 36.9 Å². The van der Waals surface area contributed by atoms with Crippen molar-refractivity contribution in [1.29, 1.82) is 0 Å². The highest BCUT2D eigenvalue weighted by Crippen LogP contribution is 2.29. The third-order valence-corrected chi connectivity index (χ3v) is 5.12. The molecule has 3 heteroatoms. The zero-order valence-electron chi connectivity index (χ0n) is 15.8. The Morgan fingerprint density at radius 3 is 2.38 bits per heavy atom. The van der Waals surface area contributed by atoms with Crippen molar-refractivity contribution in [3.05, 3.63) is 48.0 Å². The number of benzene rings is 1. The highest BCUT2D eigenvalue weighted by atomic mass is 19.1. The Hall–Kier alpha value is -1.19. The summed E-state index contributed by atoms with van der Waals surface area (Å²) in [5.74, 6) is 0.340. The maximum Gasteiger partial charge on any atom is 0.108 e. The standard InChI is InChI=1S/C21H34FNO/c1-6-8-15-23(5)20(16-24)19-11-9-18(10-12-19)17(3)13-14-21(4,22)7-2/h6,9-12,17,20,24H,1,7-8,13-16H2,2-5H3. The molecule has 24 heavy (non-hydrogen) atoms. The lowest BCUT2D eigenvalue weighted by Crippen LogP contribution is -2.28. The van der Waals surface area contributed by atoms with Crippen LogP contribution in [0.25, 0.3) is 0 Å². The number of hydrogen-bond acceptors (Lipinski definition) is 2. The molecule has 3 unspecified atom stereocenters. The van der Waals surface area contributed by atoms with Crippen LogP contribution in [-0.2, 0) is 0 Å². The minimum atomic E-state index is -1.07. The Kier molecular flexibility index (Phi) is 8.65. The minimum Gasteiger partial charge on any atom is -0.394 e. The lowest BCUT2D eigenvalue weighted by atomic mass is 9.89. The molecular formula is C21H34FNO. The Morgan fingerprint density at radius 1 is 1.29 bits per heavy atom. The van der Waals surface area contributed by atoms with Gasteiger partial charge in [-0.25, -0.2) is 4.39 Å². The third-order valence-electron chi connectivity index (χ3n) is 5.12. The first-order chi connectivity index (χ1) is 11.3. The highest BCUT2D eigenvalue weighted by Gasteiger charge is 2.22. The summed E-state index contributed by atoms with van der Waals surface area (Å²) in [5, 5.41) is 9.72. The first-order valence-electron chi connectivity index (χ1n) is 9.05. The molecule has 0 aromatic heterocycles. The van der Waals surface area contributed by atoms with Gasteiger partial charge in [-0.1, -0.05) is 44.2 Å². The van der Waals surface area contributed by atoms with Crippen LogP contribution in [0.1, 0.15) is 69.5 Å². The van der Waals surface area contributed by atoms with E-state index in [-0.39, 0.29) is 12.6 Å². The molecule has 0 spiro atoms. The Labute approximate surface area is 147 Å². The molecule has 0 aliphatic heterocycles. The van der Waals surface area contributed by atoms with Gasteiger partial charge in [0.1, 0.15) is 5.67 Å². The summed E-state index contributed by atoms with van der Waals surface area (Å²) in [6.45, 7) is 10.5. The summed E-state index contributed by atoms with van der Waals surface area (Å²) in [6, 6.07) is 8.41. The average molecular weight is 336 g/mol. The van der Waals surface area contributed by atoms with Gasteiger partial charge in [0.15, 0.2) is 0 Å². The maximum absolute atomic E-state index is 14.1. The number of aliphatic hydroxyl groups is 1. The molecule has 0 heterocycles. The maximum atomic E-state index is 14.1. The van der Waals surface area contributed by atoms with E-state index in [0.717, 1.165) is 24.9 Å². The predicted octanol–water partition coefficient (Wildman–Crippen LogP) is 5.25. The molecule has 1 N–H and O–H groups in total. The minimum absolute atomic E-state index is 0.00327. The highest BCUT2D eigenvalue weighted by molar-refractivity contribution is 5.27. The van der Waals surface area contributed by atoms with Crippen molar-refractivity contribution in [3.63, 3.8) is 0 Å². The van der Waals surface area contributed by atoms with Gasteiger partial charge in [0, 0.05) is 6.54 Å². The van der Waals surface area contributed by atoms with Gasteiger partial charge >= 0.3 is 0 Å². The molecule has 0 amide bonds. The molecule has 0 aliphatic carbocycles. The summed E-state index contributed by atoms with van der Waals surface area (Å²) in [6.07, 6.45) is 4.80. The first-order valence-corrected chi connectivity index (χ1v) is 9.05. The zero-order valence-corrected chi connectivity index (χ0v) is 15.8. The Balaban J connectivity index is 2.71. The lowest BCUT2D eigenvalue weighted by molar-refractivity contribution is 0.149. The fourth-order valence-electron chi connectivity index (χ4n) is 2.86. The number of aliphatic hydroxyl groups excluding tert-OH is 1. The van der Waals surface area contributed by atoms with Crippen LogP contribution < -0.4 is 0 Å². The molecule has 1 aromatic rings. The van der Waals surface area contributed by atoms with E-state index in [1.54, 1.807) is 6.92 Å². The van der Waals surface area contributed by atoms with Crippen molar-refractivity contribution >= 4 is 0 Å². The molecule has 3 atom stereocenters. The topological polar surface area (TPSA) is 23.5 Å². The molecule has 0 fully saturated rings. The van der Waals surface area contributed by atoms with Crippen LogP contribution in [0, 0.1) is 0 Å². The monoisotopic (exact) mass is 335 g/mol. The van der Waals surface area contributed by atoms with E-state index < -0.39 is 5.67 Å². The molecule has 1 rings (SSSR count). The molecule has 136 valence electrons. The van der Waals surface area contributed by atoms with Gasteiger partial charge in [-0.15, -0.1) is 6.58 Å². The normalized spacial score (nSPS) is 16.6. The summed E-state index contributed by atoms with van der Waals surface area (Å²) < 4.78 is 14.1. The molecule has 0 bridgehead atoms. The molecule has 0 saturated heterocycles. The molecule has 2 nitrogen and oxygen atoms in total. The molecule has 1 aromatic carbocycles. The van der Waals surface area contributed by atoms with Crippen LogP contribution in [0.5, 0.6) is 0 Å². The summed E-state index contributed by atoms with van der Waals surface area (Å²) >= 11 is 0. The van der Waals surface area contributed by atoms with Gasteiger partial charge in [-0.05, 0) is 56.7 Å². The van der Waals surface area contributed by atoms with Crippen LogP contribution in [-0.4, -0.2) is 35.9 Å². The van der Waals surface area contributed by atoms with Crippen LogP contribution >= 0.6 is 0 Å². The number of halogens is 1. The number of alkyl halides is 1. The Morgan fingerprint density at radius 2 is 1.88 bits per heavy atom. The van der Waals surface area contributed by atoms with Crippen LogP contribution in [0.2, 0.25) is 0 Å². The second-order valence-corrected chi connectivity index (χ2v) is 7.13. The SMILES string of the molecule is C=CCCN(C)C(CO)c1ccc(C(C)CCC(C)(F)CC)cc1. The second-order valence-electron chi connectivity index (χ2n) is 7.13. The molecular weight excluding hydrogens is 301 g/mol. The largest absolute Gasteiger partial charge is 0.394 e. The molecule has 0 radical (unpaired) electrons. The van der Waals surface area contributed by atoms with Crippen molar-refractivity contribution in [2.75, 3.05) is 20.2 Å². The van der Waals surface area contributed by atoms with E-state index in [1.807, 2.05) is 20.0 Å². The Bertz CT molecular complexity index is 483. The van der Waals surface area contributed by atoms with Gasteiger partial charge in [-0.2, -0.15) is 0 Å². The lowest BCUT2D eigenvalue weighted by Gasteiger charge is -2.27. The van der Waals surface area contributed by atoms with E-state index in [4.69, 9.17) is 0 Å². The van der Waals surface area contributed by atoms with E-state index in [2.05, 4.69) is 42.7 Å².